The third-order valence-electron chi connectivity index (χ3n) is 3.92. The number of phenolic OH excluding ortho intramolecular Hbond substituents is 1. The smallest absolute Gasteiger partial charge is 0.248 e. The summed E-state index contributed by atoms with van der Waals surface area (Å²) in [7, 11) is 1.76. The van der Waals surface area contributed by atoms with Crippen molar-refractivity contribution in [1.29, 1.82) is 0 Å². The normalized spacial score (nSPS) is 17.1. The second-order valence-electron chi connectivity index (χ2n) is 5.25. The number of carbonyl (C=O) groups is 1. The first-order chi connectivity index (χ1) is 10.2. The van der Waals surface area contributed by atoms with Gasteiger partial charge in [-0.05, 0) is 41.8 Å². The molecule has 3 rings (SSSR count). The molecule has 0 bridgehead atoms. The monoisotopic (exact) mass is 282 g/mol. The zero-order chi connectivity index (χ0) is 14.8. The van der Waals surface area contributed by atoms with Gasteiger partial charge in [0.2, 0.25) is 5.91 Å². The zero-order valence-corrected chi connectivity index (χ0v) is 11.9. The van der Waals surface area contributed by atoms with Crippen LogP contribution in [0, 0.1) is 0 Å². The van der Waals surface area contributed by atoms with Gasteiger partial charge in [0.1, 0.15) is 11.8 Å². The second-order valence-corrected chi connectivity index (χ2v) is 5.25. The molecule has 0 radical (unpaired) electrons. The standard InChI is InChI=1S/C17H18N2O2/c1-19(13-6-8-14(20)9-7-13)17(21)16-15-5-3-2-4-12(15)10-11-18-16/h2-9,16,18,20H,10-11H2,1H3. The van der Waals surface area contributed by atoms with Gasteiger partial charge in [-0.3, -0.25) is 4.79 Å². The topological polar surface area (TPSA) is 52.6 Å². The summed E-state index contributed by atoms with van der Waals surface area (Å²) in [6.45, 7) is 0.802. The van der Waals surface area contributed by atoms with Gasteiger partial charge in [-0.2, -0.15) is 0 Å². The predicted molar refractivity (Wildman–Crippen MR) is 82.4 cm³/mol. The van der Waals surface area contributed by atoms with Crippen molar-refractivity contribution < 1.29 is 9.90 Å². The number of nitrogens with zero attached hydrogens (tertiary/aromatic N) is 1. The van der Waals surface area contributed by atoms with Crippen LogP contribution in [0.5, 0.6) is 5.75 Å². The Morgan fingerprint density at radius 2 is 1.90 bits per heavy atom. The van der Waals surface area contributed by atoms with Gasteiger partial charge in [0.25, 0.3) is 0 Å². The third-order valence-corrected chi connectivity index (χ3v) is 3.92. The van der Waals surface area contributed by atoms with Gasteiger partial charge in [0.05, 0.1) is 0 Å². The minimum atomic E-state index is -0.311. The highest BCUT2D eigenvalue weighted by molar-refractivity contribution is 5.97. The molecular formula is C17H18N2O2. The Kier molecular flexibility index (Phi) is 3.62. The fourth-order valence-electron chi connectivity index (χ4n) is 2.72. The molecular weight excluding hydrogens is 264 g/mol. The number of likely N-dealkylation sites (N-methyl/N-ethyl adjacent to an activating group) is 1. The first-order valence-corrected chi connectivity index (χ1v) is 7.04. The highest BCUT2D eigenvalue weighted by Crippen LogP contribution is 2.26. The van der Waals surface area contributed by atoms with Crippen molar-refractivity contribution in [3.05, 3.63) is 59.7 Å². The van der Waals surface area contributed by atoms with Crippen LogP contribution in [0.3, 0.4) is 0 Å². The summed E-state index contributed by atoms with van der Waals surface area (Å²) in [6, 6.07) is 14.4. The molecule has 4 heteroatoms. The lowest BCUT2D eigenvalue weighted by molar-refractivity contribution is -0.120. The highest BCUT2D eigenvalue weighted by Gasteiger charge is 2.28. The van der Waals surface area contributed by atoms with Gasteiger partial charge in [0.15, 0.2) is 0 Å². The van der Waals surface area contributed by atoms with Gasteiger partial charge in [-0.1, -0.05) is 24.3 Å². The summed E-state index contributed by atoms with van der Waals surface area (Å²) in [6.07, 6.45) is 0.947. The molecule has 0 spiro atoms. The average molecular weight is 282 g/mol. The predicted octanol–water partition coefficient (Wildman–Crippen LogP) is 2.24. The summed E-state index contributed by atoms with van der Waals surface area (Å²) in [5, 5.41) is 12.6. The van der Waals surface area contributed by atoms with Crippen molar-refractivity contribution in [2.24, 2.45) is 0 Å². The number of hydrogen-bond donors (Lipinski definition) is 2. The summed E-state index contributed by atoms with van der Waals surface area (Å²) < 4.78 is 0. The molecule has 0 aromatic heterocycles. The quantitative estimate of drug-likeness (QED) is 0.888. The number of anilines is 1. The molecule has 1 atom stereocenters. The lowest BCUT2D eigenvalue weighted by Crippen LogP contribution is -2.42. The third kappa shape index (κ3) is 2.62. The first-order valence-electron chi connectivity index (χ1n) is 7.04. The summed E-state index contributed by atoms with van der Waals surface area (Å²) >= 11 is 0. The molecule has 1 aliphatic heterocycles. The van der Waals surface area contributed by atoms with Gasteiger partial charge < -0.3 is 15.3 Å². The molecule has 0 saturated heterocycles. The van der Waals surface area contributed by atoms with Crippen LogP contribution in [0.25, 0.3) is 0 Å². The highest BCUT2D eigenvalue weighted by atomic mass is 16.3. The van der Waals surface area contributed by atoms with Crippen molar-refractivity contribution in [3.8, 4) is 5.75 Å². The molecule has 4 nitrogen and oxygen atoms in total. The first kappa shape index (κ1) is 13.6. The van der Waals surface area contributed by atoms with E-state index in [1.165, 1.54) is 5.56 Å². The minimum absolute atomic E-state index is 0.00726. The fraction of sp³-hybridized carbons (Fsp3) is 0.235. The molecule has 0 saturated carbocycles. The molecule has 2 aromatic rings. The molecule has 1 heterocycles. The second kappa shape index (κ2) is 5.58. The van der Waals surface area contributed by atoms with Crippen LogP contribution < -0.4 is 10.2 Å². The zero-order valence-electron chi connectivity index (χ0n) is 11.9. The number of phenols is 1. The van der Waals surface area contributed by atoms with Crippen LogP contribution in [0.4, 0.5) is 5.69 Å². The SMILES string of the molecule is CN(C(=O)C1NCCc2ccccc21)c1ccc(O)cc1. The van der Waals surface area contributed by atoms with Crippen molar-refractivity contribution >= 4 is 11.6 Å². The van der Waals surface area contributed by atoms with Crippen molar-refractivity contribution in [2.45, 2.75) is 12.5 Å². The fourth-order valence-corrected chi connectivity index (χ4v) is 2.72. The number of fused-ring (bicyclic) bond motifs is 1. The number of rotatable bonds is 2. The van der Waals surface area contributed by atoms with E-state index in [9.17, 15) is 9.90 Å². The van der Waals surface area contributed by atoms with Gasteiger partial charge >= 0.3 is 0 Å². The number of aromatic hydroxyl groups is 1. The largest absolute Gasteiger partial charge is 0.508 e. The van der Waals surface area contributed by atoms with Gasteiger partial charge in [0, 0.05) is 19.3 Å². The van der Waals surface area contributed by atoms with E-state index in [2.05, 4.69) is 11.4 Å². The molecule has 1 aliphatic rings. The lowest BCUT2D eigenvalue weighted by Gasteiger charge is -2.29. The average Bonchev–Trinajstić information content (AvgIpc) is 2.53. The van der Waals surface area contributed by atoms with E-state index in [0.29, 0.717) is 0 Å². The molecule has 0 aliphatic carbocycles. The Morgan fingerprint density at radius 3 is 2.67 bits per heavy atom. The maximum Gasteiger partial charge on any atom is 0.248 e. The van der Waals surface area contributed by atoms with Gasteiger partial charge in [-0.15, -0.1) is 0 Å². The Balaban J connectivity index is 1.87. The molecule has 0 fully saturated rings. The Bertz CT molecular complexity index is 652. The molecule has 21 heavy (non-hydrogen) atoms. The van der Waals surface area contributed by atoms with Crippen LogP contribution >= 0.6 is 0 Å². The van der Waals surface area contributed by atoms with Crippen LogP contribution in [0.2, 0.25) is 0 Å². The van der Waals surface area contributed by atoms with E-state index < -0.39 is 0 Å². The van der Waals surface area contributed by atoms with Gasteiger partial charge in [-0.25, -0.2) is 0 Å². The molecule has 1 unspecified atom stereocenters. The van der Waals surface area contributed by atoms with E-state index >= 15 is 0 Å². The van der Waals surface area contributed by atoms with E-state index in [0.717, 1.165) is 24.2 Å². The van der Waals surface area contributed by atoms with E-state index in [1.807, 2.05) is 18.2 Å². The Morgan fingerprint density at radius 1 is 1.19 bits per heavy atom. The summed E-state index contributed by atoms with van der Waals surface area (Å²) in [4.78, 5) is 14.4. The summed E-state index contributed by atoms with van der Waals surface area (Å²) in [5.74, 6) is 0.202. The van der Waals surface area contributed by atoms with E-state index in [4.69, 9.17) is 0 Å². The Hall–Kier alpha value is -2.33. The number of hydrogen-bond acceptors (Lipinski definition) is 3. The molecule has 108 valence electrons. The number of benzene rings is 2. The van der Waals surface area contributed by atoms with E-state index in [1.54, 1.807) is 36.2 Å². The van der Waals surface area contributed by atoms with Crippen molar-refractivity contribution in [1.82, 2.24) is 5.32 Å². The van der Waals surface area contributed by atoms with Crippen LogP contribution in [-0.4, -0.2) is 24.6 Å². The van der Waals surface area contributed by atoms with E-state index in [-0.39, 0.29) is 17.7 Å². The van der Waals surface area contributed by atoms with Crippen LogP contribution in [-0.2, 0) is 11.2 Å². The number of carbonyl (C=O) groups excluding carboxylic acids is 1. The van der Waals surface area contributed by atoms with Crippen molar-refractivity contribution in [2.75, 3.05) is 18.5 Å². The lowest BCUT2D eigenvalue weighted by atomic mass is 9.93. The molecule has 1 amide bonds. The summed E-state index contributed by atoms with van der Waals surface area (Å²) in [5.41, 5.74) is 3.05. The maximum atomic E-state index is 12.7. The number of amides is 1. The maximum absolute atomic E-state index is 12.7. The number of nitrogens with one attached hydrogen (secondary N) is 1. The Labute approximate surface area is 124 Å². The molecule has 2 N–H and O–H groups in total. The van der Waals surface area contributed by atoms with Crippen molar-refractivity contribution in [3.63, 3.8) is 0 Å². The van der Waals surface area contributed by atoms with Crippen LogP contribution in [0.1, 0.15) is 17.2 Å². The molecule has 2 aromatic carbocycles. The minimum Gasteiger partial charge on any atom is -0.508 e. The van der Waals surface area contributed by atoms with Crippen LogP contribution in [0.15, 0.2) is 48.5 Å².